The summed E-state index contributed by atoms with van der Waals surface area (Å²) >= 11 is 1.05. The van der Waals surface area contributed by atoms with Gasteiger partial charge in [0.25, 0.3) is 15.7 Å². The summed E-state index contributed by atoms with van der Waals surface area (Å²) < 4.78 is 67.6. The number of benzene rings is 1. The van der Waals surface area contributed by atoms with Gasteiger partial charge in [0.1, 0.15) is 11.3 Å². The van der Waals surface area contributed by atoms with Crippen molar-refractivity contribution in [1.29, 1.82) is 0 Å². The normalized spacial score (nSPS) is 12.1. The molecule has 2 heterocycles. The fraction of sp³-hybridized carbons (Fsp3) is 0.133. The molecule has 0 radical (unpaired) electrons. The number of hydrogen-bond acceptors (Lipinski definition) is 7. The molecule has 1 amide bonds. The fourth-order valence-corrected chi connectivity index (χ4v) is 3.94. The molecule has 3 aromatic rings. The van der Waals surface area contributed by atoms with E-state index in [-0.39, 0.29) is 5.13 Å². The Morgan fingerprint density at radius 3 is 2.63 bits per heavy atom. The summed E-state index contributed by atoms with van der Waals surface area (Å²) in [6.07, 6.45) is 0.859. The molecular weight excluding hydrogens is 407 g/mol. The number of amides is 1. The molecule has 3 rings (SSSR count). The molecule has 1 N–H and O–H groups in total. The number of sulfone groups is 1. The summed E-state index contributed by atoms with van der Waals surface area (Å²) in [6.45, 7) is 0. The van der Waals surface area contributed by atoms with Crippen molar-refractivity contribution >= 4 is 42.4 Å². The summed E-state index contributed by atoms with van der Waals surface area (Å²) in [7, 11) is -4.35. The molecule has 142 valence electrons. The molecule has 0 atom stereocenters. The van der Waals surface area contributed by atoms with Gasteiger partial charge in [-0.3, -0.25) is 10.1 Å². The molecule has 0 spiro atoms. The highest BCUT2D eigenvalue weighted by Gasteiger charge is 2.49. The molecule has 2 aromatic heterocycles. The van der Waals surface area contributed by atoms with E-state index >= 15 is 0 Å². The molecule has 12 heteroatoms. The van der Waals surface area contributed by atoms with Gasteiger partial charge in [0.05, 0.1) is 17.4 Å². The van der Waals surface area contributed by atoms with Gasteiger partial charge in [-0.15, -0.1) is 0 Å². The van der Waals surface area contributed by atoms with Gasteiger partial charge in [-0.25, -0.2) is 18.4 Å². The lowest BCUT2D eigenvalue weighted by molar-refractivity contribution is -0.0438. The van der Waals surface area contributed by atoms with E-state index in [1.165, 1.54) is 7.11 Å². The zero-order chi connectivity index (χ0) is 19.8. The molecule has 0 aliphatic heterocycles. The highest BCUT2D eigenvalue weighted by atomic mass is 32.2. The Bertz CT molecular complexity index is 1130. The number of nitrogens with zero attached hydrogens (tertiary/aromatic N) is 2. The average molecular weight is 417 g/mol. The highest BCUT2D eigenvalue weighted by molar-refractivity contribution is 7.92. The molecule has 0 bridgehead atoms. The van der Waals surface area contributed by atoms with Crippen molar-refractivity contribution in [2.45, 2.75) is 10.5 Å². The summed E-state index contributed by atoms with van der Waals surface area (Å²) in [5, 5.41) is 1.01. The lowest BCUT2D eigenvalue weighted by Crippen LogP contribution is -2.27. The molecule has 1 aromatic carbocycles. The number of para-hydroxylation sites is 1. The van der Waals surface area contributed by atoms with Crippen molar-refractivity contribution < 1.29 is 31.1 Å². The first-order valence-corrected chi connectivity index (χ1v) is 9.46. The van der Waals surface area contributed by atoms with Gasteiger partial charge >= 0.3 is 5.51 Å². The molecule has 0 saturated carbocycles. The van der Waals surface area contributed by atoms with Gasteiger partial charge in [-0.2, -0.15) is 13.2 Å². The number of nitrogens with one attached hydrogen (secondary N) is 1. The number of rotatable bonds is 4. The third-order valence-corrected chi connectivity index (χ3v) is 5.78. The topological polar surface area (TPSA) is 98.2 Å². The van der Waals surface area contributed by atoms with Crippen LogP contribution in [-0.4, -0.2) is 36.9 Å². The van der Waals surface area contributed by atoms with E-state index in [9.17, 15) is 26.4 Å². The predicted molar refractivity (Wildman–Crippen MR) is 91.6 cm³/mol. The second-order valence-electron chi connectivity index (χ2n) is 5.09. The minimum atomic E-state index is -5.79. The molecule has 27 heavy (non-hydrogen) atoms. The molecule has 0 saturated heterocycles. The fourth-order valence-electron chi connectivity index (χ4n) is 2.19. The Hall–Kier alpha value is -2.73. The van der Waals surface area contributed by atoms with Crippen molar-refractivity contribution in [2.75, 3.05) is 12.4 Å². The second kappa shape index (κ2) is 6.78. The molecular formula is C15H10F3N3O4S2. The van der Waals surface area contributed by atoms with Crippen LogP contribution < -0.4 is 10.1 Å². The summed E-state index contributed by atoms with van der Waals surface area (Å²) in [5.74, 6) is -0.630. The van der Waals surface area contributed by atoms with E-state index in [0.717, 1.165) is 29.7 Å². The molecule has 7 nitrogen and oxygen atoms in total. The number of halogens is 3. The number of pyridine rings is 1. The van der Waals surface area contributed by atoms with E-state index in [4.69, 9.17) is 4.74 Å². The van der Waals surface area contributed by atoms with Gasteiger partial charge in [-0.1, -0.05) is 17.4 Å². The monoisotopic (exact) mass is 417 g/mol. The van der Waals surface area contributed by atoms with E-state index in [0.29, 0.717) is 16.0 Å². The zero-order valence-corrected chi connectivity index (χ0v) is 15.1. The maximum Gasteiger partial charge on any atom is 0.503 e. The van der Waals surface area contributed by atoms with Crippen LogP contribution >= 0.6 is 11.3 Å². The SMILES string of the molecule is COc1cccc2sc(NC(=O)c3cccnc3S(=O)(=O)C(F)(F)F)nc12. The largest absolute Gasteiger partial charge is 0.503 e. The van der Waals surface area contributed by atoms with Crippen LogP contribution in [0.1, 0.15) is 10.4 Å². The zero-order valence-electron chi connectivity index (χ0n) is 13.4. The Balaban J connectivity index is 1.99. The van der Waals surface area contributed by atoms with Crippen LogP contribution in [0.3, 0.4) is 0 Å². The van der Waals surface area contributed by atoms with Crippen LogP contribution in [0.2, 0.25) is 0 Å². The summed E-state index contributed by atoms with van der Waals surface area (Å²) in [6, 6.07) is 7.18. The number of alkyl halides is 3. The number of hydrogen-bond donors (Lipinski definition) is 1. The molecule has 0 unspecified atom stereocenters. The lowest BCUT2D eigenvalue weighted by atomic mass is 10.3. The van der Waals surface area contributed by atoms with E-state index in [1.807, 2.05) is 0 Å². The Morgan fingerprint density at radius 2 is 1.96 bits per heavy atom. The standard InChI is InChI=1S/C15H10F3N3O4S2/c1-25-9-5-2-6-10-11(9)20-14(26-10)21-12(22)8-4-3-7-19-13(8)27(23,24)15(16,17)18/h2-7H,1H3,(H,20,21,22). The Morgan fingerprint density at radius 1 is 1.22 bits per heavy atom. The lowest BCUT2D eigenvalue weighted by Gasteiger charge is -2.10. The number of ether oxygens (including phenoxy) is 1. The van der Waals surface area contributed by atoms with Crippen molar-refractivity contribution in [1.82, 2.24) is 9.97 Å². The Kier molecular flexibility index (Phi) is 4.78. The first-order valence-electron chi connectivity index (χ1n) is 7.16. The van der Waals surface area contributed by atoms with E-state index in [2.05, 4.69) is 15.3 Å². The van der Waals surface area contributed by atoms with Gasteiger partial charge < -0.3 is 4.74 Å². The number of carbonyl (C=O) groups excluding carboxylic acids is 1. The third-order valence-electron chi connectivity index (χ3n) is 3.40. The van der Waals surface area contributed by atoms with Gasteiger partial charge in [0.2, 0.25) is 0 Å². The van der Waals surface area contributed by atoms with Gasteiger partial charge in [0.15, 0.2) is 10.2 Å². The summed E-state index contributed by atoms with van der Waals surface area (Å²) in [5.41, 5.74) is -5.87. The molecule has 0 fully saturated rings. The third kappa shape index (κ3) is 3.45. The van der Waals surface area contributed by atoms with Crippen molar-refractivity contribution in [2.24, 2.45) is 0 Å². The van der Waals surface area contributed by atoms with Gasteiger partial charge in [-0.05, 0) is 24.3 Å². The quantitative estimate of drug-likeness (QED) is 0.700. The molecule has 0 aliphatic rings. The number of methoxy groups -OCH3 is 1. The number of carbonyl (C=O) groups is 1. The first kappa shape index (κ1) is 19.0. The minimum Gasteiger partial charge on any atom is -0.494 e. The smallest absolute Gasteiger partial charge is 0.494 e. The van der Waals surface area contributed by atoms with Crippen LogP contribution in [0.4, 0.5) is 18.3 Å². The van der Waals surface area contributed by atoms with Crippen LogP contribution in [-0.2, 0) is 9.84 Å². The number of aromatic nitrogens is 2. The first-order chi connectivity index (χ1) is 12.6. The molecule has 0 aliphatic carbocycles. The van der Waals surface area contributed by atoms with Crippen LogP contribution in [0.15, 0.2) is 41.6 Å². The predicted octanol–water partition coefficient (Wildman–Crippen LogP) is 3.25. The van der Waals surface area contributed by atoms with Crippen LogP contribution in [0, 0.1) is 0 Å². The van der Waals surface area contributed by atoms with Crippen molar-refractivity contribution in [3.63, 3.8) is 0 Å². The maximum atomic E-state index is 12.8. The van der Waals surface area contributed by atoms with E-state index in [1.54, 1.807) is 18.2 Å². The Labute approximate surface area is 154 Å². The van der Waals surface area contributed by atoms with Crippen LogP contribution in [0.25, 0.3) is 10.2 Å². The van der Waals surface area contributed by atoms with Gasteiger partial charge in [0, 0.05) is 6.20 Å². The second-order valence-corrected chi connectivity index (χ2v) is 7.97. The van der Waals surface area contributed by atoms with E-state index < -0.39 is 31.8 Å². The number of anilines is 1. The average Bonchev–Trinajstić information content (AvgIpc) is 3.03. The van der Waals surface area contributed by atoms with Crippen molar-refractivity contribution in [3.8, 4) is 5.75 Å². The number of thiazole rings is 1. The summed E-state index contributed by atoms with van der Waals surface area (Å²) in [4.78, 5) is 19.8. The maximum absolute atomic E-state index is 12.8. The van der Waals surface area contributed by atoms with Crippen molar-refractivity contribution in [3.05, 3.63) is 42.1 Å². The number of fused-ring (bicyclic) bond motifs is 1. The van der Waals surface area contributed by atoms with Crippen LogP contribution in [0.5, 0.6) is 5.75 Å². The highest BCUT2D eigenvalue weighted by Crippen LogP contribution is 2.33. The minimum absolute atomic E-state index is 0.0682.